The summed E-state index contributed by atoms with van der Waals surface area (Å²) in [6.45, 7) is 4.60. The number of nitrogens with two attached hydrogens (primary N) is 1. The molecule has 0 radical (unpaired) electrons. The van der Waals surface area contributed by atoms with Gasteiger partial charge in [0.2, 0.25) is 0 Å². The van der Waals surface area contributed by atoms with Crippen molar-refractivity contribution in [2.45, 2.75) is 26.3 Å². The topological polar surface area (TPSA) is 29.3 Å². The molecule has 0 atom stereocenters. The Balaban J connectivity index is 2.12. The second-order valence-corrected chi connectivity index (χ2v) is 4.65. The van der Waals surface area contributed by atoms with Gasteiger partial charge in [-0.15, -0.1) is 0 Å². The van der Waals surface area contributed by atoms with Crippen LogP contribution in [0.25, 0.3) is 0 Å². The summed E-state index contributed by atoms with van der Waals surface area (Å²) in [7, 11) is 0. The lowest BCUT2D eigenvalue weighted by molar-refractivity contribution is 0.438. The molecule has 88 valence electrons. The van der Waals surface area contributed by atoms with Crippen molar-refractivity contribution in [3.63, 3.8) is 0 Å². The molecule has 0 unspecified atom stereocenters. The summed E-state index contributed by atoms with van der Waals surface area (Å²) in [5, 5.41) is 0. The van der Waals surface area contributed by atoms with E-state index in [1.54, 1.807) is 12.1 Å². The lowest BCUT2D eigenvalue weighted by atomic mass is 9.98. The van der Waals surface area contributed by atoms with Gasteiger partial charge in [-0.05, 0) is 30.9 Å². The normalized spacial score (nSPS) is 17.8. The molecular formula is C13H19FN2. The van der Waals surface area contributed by atoms with Crippen LogP contribution in [-0.4, -0.2) is 13.1 Å². The lowest BCUT2D eigenvalue weighted by Gasteiger charge is -2.32. The highest BCUT2D eigenvalue weighted by Crippen LogP contribution is 2.24. The van der Waals surface area contributed by atoms with Crippen molar-refractivity contribution in [1.82, 2.24) is 0 Å². The molecule has 16 heavy (non-hydrogen) atoms. The Bertz CT molecular complexity index is 357. The van der Waals surface area contributed by atoms with Crippen molar-refractivity contribution in [2.24, 2.45) is 11.7 Å². The summed E-state index contributed by atoms with van der Waals surface area (Å²) in [6.07, 6.45) is 2.39. The molecule has 2 rings (SSSR count). The van der Waals surface area contributed by atoms with Crippen molar-refractivity contribution in [3.05, 3.63) is 29.6 Å². The molecule has 1 aromatic carbocycles. The Morgan fingerprint density at radius 1 is 1.38 bits per heavy atom. The van der Waals surface area contributed by atoms with Gasteiger partial charge in [0, 0.05) is 30.9 Å². The summed E-state index contributed by atoms with van der Waals surface area (Å²) in [4.78, 5) is 2.25. The molecule has 1 aromatic rings. The second kappa shape index (κ2) is 4.83. The Kier molecular flexibility index (Phi) is 3.44. The van der Waals surface area contributed by atoms with Gasteiger partial charge in [0.15, 0.2) is 0 Å². The van der Waals surface area contributed by atoms with Gasteiger partial charge >= 0.3 is 0 Å². The molecule has 1 aliphatic heterocycles. The van der Waals surface area contributed by atoms with Gasteiger partial charge in [0.1, 0.15) is 5.82 Å². The molecule has 2 N–H and O–H groups in total. The van der Waals surface area contributed by atoms with E-state index in [1.807, 2.05) is 6.07 Å². The van der Waals surface area contributed by atoms with Crippen molar-refractivity contribution < 1.29 is 4.39 Å². The Morgan fingerprint density at radius 3 is 2.62 bits per heavy atom. The molecule has 0 aromatic heterocycles. The maximum absolute atomic E-state index is 13.6. The van der Waals surface area contributed by atoms with Crippen LogP contribution in [-0.2, 0) is 6.54 Å². The minimum atomic E-state index is -0.182. The van der Waals surface area contributed by atoms with Crippen LogP contribution in [0.3, 0.4) is 0 Å². The van der Waals surface area contributed by atoms with Crippen LogP contribution in [0.1, 0.15) is 25.3 Å². The molecule has 1 saturated heterocycles. The molecule has 0 bridgehead atoms. The maximum atomic E-state index is 13.6. The lowest BCUT2D eigenvalue weighted by Crippen LogP contribution is -2.32. The van der Waals surface area contributed by atoms with Crippen LogP contribution in [0.4, 0.5) is 10.1 Å². The number of hydrogen-bond donors (Lipinski definition) is 1. The quantitative estimate of drug-likeness (QED) is 0.833. The molecule has 0 amide bonds. The van der Waals surface area contributed by atoms with E-state index in [9.17, 15) is 4.39 Å². The second-order valence-electron chi connectivity index (χ2n) is 4.65. The largest absolute Gasteiger partial charge is 0.371 e. The van der Waals surface area contributed by atoms with Crippen molar-refractivity contribution in [1.29, 1.82) is 0 Å². The van der Waals surface area contributed by atoms with Crippen molar-refractivity contribution in [3.8, 4) is 0 Å². The number of benzene rings is 1. The molecule has 1 aliphatic rings. The number of anilines is 1. The smallest absolute Gasteiger partial charge is 0.129 e. The predicted molar refractivity (Wildman–Crippen MR) is 64.9 cm³/mol. The first-order chi connectivity index (χ1) is 7.70. The van der Waals surface area contributed by atoms with E-state index < -0.39 is 0 Å². The molecule has 1 heterocycles. The fraction of sp³-hybridized carbons (Fsp3) is 0.538. The zero-order chi connectivity index (χ0) is 11.5. The fourth-order valence-corrected chi connectivity index (χ4v) is 2.17. The number of hydrogen-bond acceptors (Lipinski definition) is 2. The van der Waals surface area contributed by atoms with Crippen LogP contribution >= 0.6 is 0 Å². The molecule has 1 fully saturated rings. The van der Waals surface area contributed by atoms with Crippen LogP contribution < -0.4 is 10.6 Å². The fourth-order valence-electron chi connectivity index (χ4n) is 2.17. The van der Waals surface area contributed by atoms with Gasteiger partial charge in [-0.1, -0.05) is 13.0 Å². The van der Waals surface area contributed by atoms with Gasteiger partial charge in [0.25, 0.3) is 0 Å². The van der Waals surface area contributed by atoms with E-state index in [2.05, 4.69) is 11.8 Å². The van der Waals surface area contributed by atoms with Crippen LogP contribution in [0.5, 0.6) is 0 Å². The number of nitrogens with zero attached hydrogens (tertiary/aromatic N) is 1. The molecule has 0 saturated carbocycles. The highest BCUT2D eigenvalue weighted by atomic mass is 19.1. The Labute approximate surface area is 96.2 Å². The first-order valence-electron chi connectivity index (χ1n) is 5.94. The van der Waals surface area contributed by atoms with E-state index in [0.717, 1.165) is 24.7 Å². The van der Waals surface area contributed by atoms with Crippen LogP contribution in [0.15, 0.2) is 18.2 Å². The number of halogens is 1. The van der Waals surface area contributed by atoms with Crippen LogP contribution in [0.2, 0.25) is 0 Å². The molecule has 3 heteroatoms. The number of piperidine rings is 1. The monoisotopic (exact) mass is 222 g/mol. The SMILES string of the molecule is CC1CCN(c2ccc(CN)c(F)c2)CC1. The Morgan fingerprint density at radius 2 is 2.06 bits per heavy atom. The molecule has 0 spiro atoms. The third kappa shape index (κ3) is 2.35. The van der Waals surface area contributed by atoms with E-state index in [-0.39, 0.29) is 12.4 Å². The minimum absolute atomic E-state index is 0.182. The summed E-state index contributed by atoms with van der Waals surface area (Å²) in [6, 6.07) is 5.38. The standard InChI is InChI=1S/C13H19FN2/c1-10-4-6-16(7-5-10)12-3-2-11(9-15)13(14)8-12/h2-3,8,10H,4-7,9,15H2,1H3. The van der Waals surface area contributed by atoms with E-state index >= 15 is 0 Å². The average molecular weight is 222 g/mol. The van der Waals surface area contributed by atoms with E-state index in [0.29, 0.717) is 5.56 Å². The summed E-state index contributed by atoms with van der Waals surface area (Å²) < 4.78 is 13.6. The maximum Gasteiger partial charge on any atom is 0.129 e. The zero-order valence-corrected chi connectivity index (χ0v) is 9.75. The van der Waals surface area contributed by atoms with Gasteiger partial charge in [-0.2, -0.15) is 0 Å². The van der Waals surface area contributed by atoms with Crippen molar-refractivity contribution in [2.75, 3.05) is 18.0 Å². The van der Waals surface area contributed by atoms with Gasteiger partial charge in [-0.3, -0.25) is 0 Å². The Hall–Kier alpha value is -1.09. The van der Waals surface area contributed by atoms with Crippen LogP contribution in [0, 0.1) is 11.7 Å². The van der Waals surface area contributed by atoms with Gasteiger partial charge in [-0.25, -0.2) is 4.39 Å². The third-order valence-corrected chi connectivity index (χ3v) is 3.41. The minimum Gasteiger partial charge on any atom is -0.371 e. The average Bonchev–Trinajstić information content (AvgIpc) is 2.30. The first-order valence-corrected chi connectivity index (χ1v) is 5.94. The zero-order valence-electron chi connectivity index (χ0n) is 9.75. The van der Waals surface area contributed by atoms with E-state index in [4.69, 9.17) is 5.73 Å². The molecule has 0 aliphatic carbocycles. The predicted octanol–water partition coefficient (Wildman–Crippen LogP) is 2.52. The summed E-state index contributed by atoms with van der Waals surface area (Å²) in [5.41, 5.74) is 7.02. The summed E-state index contributed by atoms with van der Waals surface area (Å²) >= 11 is 0. The highest BCUT2D eigenvalue weighted by Gasteiger charge is 2.16. The number of rotatable bonds is 2. The van der Waals surface area contributed by atoms with E-state index in [1.165, 1.54) is 12.8 Å². The highest BCUT2D eigenvalue weighted by molar-refractivity contribution is 5.48. The van der Waals surface area contributed by atoms with Crippen molar-refractivity contribution >= 4 is 5.69 Å². The molecular weight excluding hydrogens is 203 g/mol. The van der Waals surface area contributed by atoms with Gasteiger partial charge in [0.05, 0.1) is 0 Å². The third-order valence-electron chi connectivity index (χ3n) is 3.41. The first kappa shape index (κ1) is 11.4. The summed E-state index contributed by atoms with van der Waals surface area (Å²) in [5.74, 6) is 0.614. The van der Waals surface area contributed by atoms with Gasteiger partial charge < -0.3 is 10.6 Å². The molecule has 2 nitrogen and oxygen atoms in total.